The minimum Gasteiger partial charge on any atom is -0.253 e. The van der Waals surface area contributed by atoms with Crippen LogP contribution in [0.4, 0.5) is 0 Å². The van der Waals surface area contributed by atoms with Crippen LogP contribution in [-0.4, -0.2) is 8.92 Å². The third-order valence-electron chi connectivity index (χ3n) is 3.51. The second kappa shape index (κ2) is 7.16. The zero-order valence-electron chi connectivity index (χ0n) is 12.9. The summed E-state index contributed by atoms with van der Waals surface area (Å²) in [6, 6.07) is 17.3. The van der Waals surface area contributed by atoms with Crippen LogP contribution >= 0.6 is 23.2 Å². The molecular formula is C18H20Cl2OS. The van der Waals surface area contributed by atoms with Crippen molar-refractivity contribution in [2.24, 2.45) is 0 Å². The molecule has 1 nitrogen and oxygen atoms in total. The Labute approximate surface area is 145 Å². The number of hydrogen-bond donors (Lipinski definition) is 0. The molecule has 0 radical (unpaired) electrons. The Morgan fingerprint density at radius 3 is 1.95 bits per heavy atom. The molecule has 0 spiro atoms. The zero-order chi connectivity index (χ0) is 16.3. The number of hydrogen-bond acceptors (Lipinski definition) is 1. The van der Waals surface area contributed by atoms with Crippen molar-refractivity contribution in [3.63, 3.8) is 0 Å². The third-order valence-corrected chi connectivity index (χ3v) is 6.44. The Kier molecular flexibility index (Phi) is 5.70. The molecule has 0 fully saturated rings. The predicted molar refractivity (Wildman–Crippen MR) is 96.2 cm³/mol. The summed E-state index contributed by atoms with van der Waals surface area (Å²) in [6.07, 6.45) is 0. The van der Waals surface area contributed by atoms with E-state index in [0.29, 0.717) is 4.90 Å². The van der Waals surface area contributed by atoms with Gasteiger partial charge in [-0.25, -0.2) is 0 Å². The number of alkyl halides is 2. The summed E-state index contributed by atoms with van der Waals surface area (Å²) in [6.45, 7) is 6.44. The molecule has 0 aliphatic carbocycles. The number of halogens is 2. The van der Waals surface area contributed by atoms with Crippen LogP contribution in [0.2, 0.25) is 0 Å². The van der Waals surface area contributed by atoms with Crippen LogP contribution < -0.4 is 0 Å². The second-order valence-corrected chi connectivity index (χ2v) is 9.01. The smallest absolute Gasteiger partial charge is 0.134 e. The lowest BCUT2D eigenvalue weighted by Crippen LogP contribution is -2.15. The van der Waals surface area contributed by atoms with Gasteiger partial charge in [0.15, 0.2) is 0 Å². The minimum atomic E-state index is -1.36. The molecule has 0 saturated carbocycles. The second-order valence-electron chi connectivity index (χ2n) is 6.24. The van der Waals surface area contributed by atoms with Crippen molar-refractivity contribution in [1.82, 2.24) is 0 Å². The average Bonchev–Trinajstić information content (AvgIpc) is 2.53. The van der Waals surface area contributed by atoms with E-state index in [1.165, 1.54) is 5.56 Å². The molecule has 0 amide bonds. The lowest BCUT2D eigenvalue weighted by atomic mass is 9.87. The highest BCUT2D eigenvalue weighted by Crippen LogP contribution is 2.33. The minimum absolute atomic E-state index is 0.0689. The van der Waals surface area contributed by atoms with Crippen LogP contribution in [0.25, 0.3) is 0 Å². The monoisotopic (exact) mass is 354 g/mol. The van der Waals surface area contributed by atoms with Crippen LogP contribution in [0.3, 0.4) is 0 Å². The van der Waals surface area contributed by atoms with Crippen molar-refractivity contribution in [2.75, 3.05) is 0 Å². The van der Waals surface area contributed by atoms with Gasteiger partial charge < -0.3 is 0 Å². The van der Waals surface area contributed by atoms with Gasteiger partial charge in [0, 0.05) is 4.90 Å². The molecule has 22 heavy (non-hydrogen) atoms. The molecule has 0 aliphatic rings. The topological polar surface area (TPSA) is 17.1 Å². The molecule has 1 unspecified atom stereocenters. The highest BCUT2D eigenvalue weighted by Gasteiger charge is 2.26. The average molecular weight is 355 g/mol. The highest BCUT2D eigenvalue weighted by molar-refractivity contribution is 7.87. The van der Waals surface area contributed by atoms with Gasteiger partial charge in [-0.2, -0.15) is 0 Å². The Hall–Kier alpha value is -0.830. The Morgan fingerprint density at radius 1 is 0.909 bits per heavy atom. The van der Waals surface area contributed by atoms with E-state index < -0.39 is 20.9 Å². The molecule has 0 bridgehead atoms. The van der Waals surface area contributed by atoms with E-state index in [4.69, 9.17) is 23.2 Å². The van der Waals surface area contributed by atoms with E-state index in [-0.39, 0.29) is 5.41 Å². The van der Waals surface area contributed by atoms with Crippen LogP contribution in [0, 0.1) is 0 Å². The van der Waals surface area contributed by atoms with Crippen LogP contribution in [-0.2, 0) is 16.2 Å². The Morgan fingerprint density at radius 2 is 1.45 bits per heavy atom. The van der Waals surface area contributed by atoms with E-state index in [9.17, 15) is 4.21 Å². The normalized spacial score (nSPS) is 16.0. The lowest BCUT2D eigenvalue weighted by molar-refractivity contribution is 0.589. The standard InChI is InChI=1S/C18H20Cl2OS/c1-18(2,3)14-9-11-15(12-10-14)22(21)17(20)16(19)13-7-5-4-6-8-13/h4-12,16-17H,1-3H3/t16-,17+,22?/m1/s1. The number of rotatable bonds is 4. The lowest BCUT2D eigenvalue weighted by Gasteiger charge is -2.20. The Bertz CT molecular complexity index is 632. The van der Waals surface area contributed by atoms with E-state index in [2.05, 4.69) is 20.8 Å². The van der Waals surface area contributed by atoms with Crippen molar-refractivity contribution in [3.05, 3.63) is 65.7 Å². The first kappa shape index (κ1) is 17.5. The van der Waals surface area contributed by atoms with Gasteiger partial charge >= 0.3 is 0 Å². The summed E-state index contributed by atoms with van der Waals surface area (Å²) in [7, 11) is -1.36. The van der Waals surface area contributed by atoms with Crippen LogP contribution in [0.5, 0.6) is 0 Å². The zero-order valence-corrected chi connectivity index (χ0v) is 15.3. The quantitative estimate of drug-likeness (QED) is 0.649. The summed E-state index contributed by atoms with van der Waals surface area (Å²) < 4.78 is 11.9. The molecule has 3 atom stereocenters. The fraction of sp³-hybridized carbons (Fsp3) is 0.333. The summed E-state index contributed by atoms with van der Waals surface area (Å²) in [5.74, 6) is 0. The van der Waals surface area contributed by atoms with Gasteiger partial charge in [-0.1, -0.05) is 63.2 Å². The molecule has 118 valence electrons. The molecule has 0 saturated heterocycles. The highest BCUT2D eigenvalue weighted by atomic mass is 35.5. The fourth-order valence-electron chi connectivity index (χ4n) is 2.12. The Balaban J connectivity index is 2.17. The van der Waals surface area contributed by atoms with Crippen molar-refractivity contribution in [3.8, 4) is 0 Å². The first-order chi connectivity index (χ1) is 10.3. The molecular weight excluding hydrogens is 335 g/mol. The van der Waals surface area contributed by atoms with Gasteiger partial charge in [0.1, 0.15) is 4.71 Å². The molecule has 2 rings (SSSR count). The van der Waals surface area contributed by atoms with Crippen molar-refractivity contribution in [1.29, 1.82) is 0 Å². The summed E-state index contributed by atoms with van der Waals surface area (Å²) >= 11 is 12.7. The van der Waals surface area contributed by atoms with Crippen LogP contribution in [0.15, 0.2) is 59.5 Å². The molecule has 0 N–H and O–H groups in total. The van der Waals surface area contributed by atoms with Crippen molar-refractivity contribution >= 4 is 34.0 Å². The maximum Gasteiger partial charge on any atom is 0.134 e. The molecule has 0 heterocycles. The maximum absolute atomic E-state index is 12.6. The first-order valence-corrected chi connectivity index (χ1v) is 9.23. The van der Waals surface area contributed by atoms with E-state index in [1.54, 1.807) is 0 Å². The predicted octanol–water partition coefficient (Wildman–Crippen LogP) is 5.64. The molecule has 0 aromatic heterocycles. The van der Waals surface area contributed by atoms with Gasteiger partial charge in [0.05, 0.1) is 16.2 Å². The van der Waals surface area contributed by atoms with Crippen molar-refractivity contribution < 1.29 is 4.21 Å². The van der Waals surface area contributed by atoms with Gasteiger partial charge in [-0.05, 0) is 28.7 Å². The van der Waals surface area contributed by atoms with E-state index >= 15 is 0 Å². The summed E-state index contributed by atoms with van der Waals surface area (Å²) in [5.41, 5.74) is 2.15. The maximum atomic E-state index is 12.6. The van der Waals surface area contributed by atoms with Gasteiger partial charge in [-0.15, -0.1) is 23.2 Å². The van der Waals surface area contributed by atoms with Gasteiger partial charge in [0.25, 0.3) is 0 Å². The largest absolute Gasteiger partial charge is 0.253 e. The number of benzene rings is 2. The van der Waals surface area contributed by atoms with Crippen molar-refractivity contribution in [2.45, 2.75) is 41.2 Å². The summed E-state index contributed by atoms with van der Waals surface area (Å²) in [5, 5.41) is -0.494. The van der Waals surface area contributed by atoms with E-state index in [0.717, 1.165) is 5.56 Å². The van der Waals surface area contributed by atoms with E-state index in [1.807, 2.05) is 54.6 Å². The third kappa shape index (κ3) is 4.13. The molecule has 0 aliphatic heterocycles. The van der Waals surface area contributed by atoms with Crippen LogP contribution in [0.1, 0.15) is 37.3 Å². The summed E-state index contributed by atoms with van der Waals surface area (Å²) in [4.78, 5) is 0.703. The fourth-order valence-corrected chi connectivity index (χ4v) is 4.03. The van der Waals surface area contributed by atoms with Gasteiger partial charge in [0.2, 0.25) is 0 Å². The first-order valence-electron chi connectivity index (χ1n) is 7.15. The molecule has 2 aromatic carbocycles. The SMILES string of the molecule is CC(C)(C)c1ccc(S(=O)[C@H](Cl)[C@H](Cl)c2ccccc2)cc1. The molecule has 2 aromatic rings. The molecule has 4 heteroatoms. The van der Waals surface area contributed by atoms with Gasteiger partial charge in [-0.3, -0.25) is 4.21 Å².